The van der Waals surface area contributed by atoms with E-state index in [0.29, 0.717) is 30.2 Å². The van der Waals surface area contributed by atoms with Gasteiger partial charge in [-0.3, -0.25) is 4.79 Å². The molecule has 1 N–H and O–H groups in total. The second-order valence-electron chi connectivity index (χ2n) is 6.98. The molecule has 0 aliphatic heterocycles. The number of carbonyl (C=O) groups is 1. The van der Waals surface area contributed by atoms with Crippen LogP contribution in [0.5, 0.6) is 11.5 Å². The van der Waals surface area contributed by atoms with E-state index in [9.17, 15) is 4.79 Å². The third-order valence-corrected chi connectivity index (χ3v) is 4.89. The molecular formula is C23H33N3O3. The van der Waals surface area contributed by atoms with E-state index >= 15 is 0 Å². The number of anilines is 1. The minimum atomic E-state index is -0.103. The van der Waals surface area contributed by atoms with E-state index in [2.05, 4.69) is 24.1 Å². The van der Waals surface area contributed by atoms with Crippen LogP contribution < -0.4 is 19.7 Å². The molecule has 6 heteroatoms. The van der Waals surface area contributed by atoms with Crippen LogP contribution in [0.3, 0.4) is 0 Å². The number of rotatable bonds is 11. The molecule has 0 saturated carbocycles. The summed E-state index contributed by atoms with van der Waals surface area (Å²) in [4.78, 5) is 16.7. The fraction of sp³-hybridized carbons (Fsp3) is 0.435. The lowest BCUT2D eigenvalue weighted by molar-refractivity contribution is 0.0951. The van der Waals surface area contributed by atoms with E-state index < -0.39 is 0 Å². The number of amides is 1. The van der Waals surface area contributed by atoms with Crippen molar-refractivity contribution in [2.75, 3.05) is 52.3 Å². The maximum absolute atomic E-state index is 12.4. The fourth-order valence-electron chi connectivity index (χ4n) is 2.96. The lowest BCUT2D eigenvalue weighted by Crippen LogP contribution is -2.28. The van der Waals surface area contributed by atoms with E-state index in [1.807, 2.05) is 61.5 Å². The summed E-state index contributed by atoms with van der Waals surface area (Å²) in [5.41, 5.74) is 2.65. The molecule has 158 valence electrons. The van der Waals surface area contributed by atoms with Gasteiger partial charge in [0.2, 0.25) is 0 Å². The predicted octanol–water partition coefficient (Wildman–Crippen LogP) is 3.41. The molecule has 0 aliphatic carbocycles. The van der Waals surface area contributed by atoms with Crippen LogP contribution >= 0.6 is 0 Å². The molecule has 0 fully saturated rings. The Morgan fingerprint density at radius 3 is 2.28 bits per heavy atom. The summed E-state index contributed by atoms with van der Waals surface area (Å²) in [6.07, 6.45) is 0. The molecule has 0 heterocycles. The minimum absolute atomic E-state index is 0.103. The minimum Gasteiger partial charge on any atom is -0.493 e. The zero-order valence-electron chi connectivity index (χ0n) is 18.2. The first-order valence-corrected chi connectivity index (χ1v) is 10.1. The summed E-state index contributed by atoms with van der Waals surface area (Å²) in [5, 5.41) is 2.95. The molecular weight excluding hydrogens is 366 g/mol. The molecule has 0 bridgehead atoms. The molecule has 0 aliphatic rings. The lowest BCUT2D eigenvalue weighted by atomic mass is 10.1. The second-order valence-corrected chi connectivity index (χ2v) is 6.98. The molecule has 0 saturated heterocycles. The van der Waals surface area contributed by atoms with Gasteiger partial charge in [-0.25, -0.2) is 0 Å². The molecule has 0 radical (unpaired) electrons. The van der Waals surface area contributed by atoms with Crippen molar-refractivity contribution in [3.63, 3.8) is 0 Å². The highest BCUT2D eigenvalue weighted by Crippen LogP contribution is 2.28. The SMILES string of the molecule is CCN(CC)CCOc1ccc(CNC(=O)c2ccc(N(C)C)cc2)cc1OC. The van der Waals surface area contributed by atoms with Gasteiger partial charge in [0.25, 0.3) is 5.91 Å². The van der Waals surface area contributed by atoms with E-state index in [1.165, 1.54) is 0 Å². The summed E-state index contributed by atoms with van der Waals surface area (Å²) in [5.74, 6) is 1.29. The van der Waals surface area contributed by atoms with Gasteiger partial charge >= 0.3 is 0 Å². The predicted molar refractivity (Wildman–Crippen MR) is 118 cm³/mol. The van der Waals surface area contributed by atoms with Crippen LogP contribution in [0.2, 0.25) is 0 Å². The van der Waals surface area contributed by atoms with Gasteiger partial charge in [-0.15, -0.1) is 0 Å². The molecule has 0 spiro atoms. The Hall–Kier alpha value is -2.73. The third kappa shape index (κ3) is 6.68. The van der Waals surface area contributed by atoms with E-state index in [1.54, 1.807) is 7.11 Å². The van der Waals surface area contributed by atoms with Crippen LogP contribution in [0.1, 0.15) is 29.8 Å². The van der Waals surface area contributed by atoms with Crippen LogP contribution in [0, 0.1) is 0 Å². The highest BCUT2D eigenvalue weighted by molar-refractivity contribution is 5.94. The molecule has 29 heavy (non-hydrogen) atoms. The Morgan fingerprint density at radius 1 is 1.00 bits per heavy atom. The third-order valence-electron chi connectivity index (χ3n) is 4.89. The number of likely N-dealkylation sites (N-methyl/N-ethyl adjacent to an activating group) is 1. The normalized spacial score (nSPS) is 10.7. The monoisotopic (exact) mass is 399 g/mol. The summed E-state index contributed by atoms with van der Waals surface area (Å²) in [6, 6.07) is 13.3. The van der Waals surface area contributed by atoms with Crippen LogP contribution in [0.15, 0.2) is 42.5 Å². The summed E-state index contributed by atoms with van der Waals surface area (Å²) in [7, 11) is 5.57. The van der Waals surface area contributed by atoms with Crippen LogP contribution in [-0.4, -0.2) is 58.3 Å². The second kappa shape index (κ2) is 11.3. The Labute approximate surface area is 174 Å². The van der Waals surface area contributed by atoms with Crippen molar-refractivity contribution in [3.05, 3.63) is 53.6 Å². The Bertz CT molecular complexity index is 771. The zero-order valence-corrected chi connectivity index (χ0v) is 18.2. The molecule has 6 nitrogen and oxygen atoms in total. The number of methoxy groups -OCH3 is 1. The average molecular weight is 400 g/mol. The fourth-order valence-corrected chi connectivity index (χ4v) is 2.96. The van der Waals surface area contributed by atoms with E-state index in [-0.39, 0.29) is 5.91 Å². The van der Waals surface area contributed by atoms with Gasteiger partial charge in [-0.05, 0) is 55.1 Å². The van der Waals surface area contributed by atoms with Crippen molar-refractivity contribution >= 4 is 11.6 Å². The van der Waals surface area contributed by atoms with Gasteiger partial charge in [0.05, 0.1) is 7.11 Å². The van der Waals surface area contributed by atoms with Gasteiger partial charge in [0, 0.05) is 38.4 Å². The molecule has 2 rings (SSSR count). The largest absolute Gasteiger partial charge is 0.493 e. The van der Waals surface area contributed by atoms with Gasteiger partial charge in [0.15, 0.2) is 11.5 Å². The smallest absolute Gasteiger partial charge is 0.251 e. The van der Waals surface area contributed by atoms with Crippen molar-refractivity contribution in [2.24, 2.45) is 0 Å². The summed E-state index contributed by atoms with van der Waals surface area (Å²) < 4.78 is 11.4. The highest BCUT2D eigenvalue weighted by Gasteiger charge is 2.09. The molecule has 1 amide bonds. The van der Waals surface area contributed by atoms with Crippen LogP contribution in [-0.2, 0) is 6.54 Å². The quantitative estimate of drug-likeness (QED) is 0.628. The van der Waals surface area contributed by atoms with Crippen LogP contribution in [0.25, 0.3) is 0 Å². The van der Waals surface area contributed by atoms with Crippen molar-refractivity contribution in [1.82, 2.24) is 10.2 Å². The molecule has 0 aromatic heterocycles. The number of hydrogen-bond acceptors (Lipinski definition) is 5. The highest BCUT2D eigenvalue weighted by atomic mass is 16.5. The number of ether oxygens (including phenoxy) is 2. The average Bonchev–Trinajstić information content (AvgIpc) is 2.75. The van der Waals surface area contributed by atoms with Gasteiger partial charge in [-0.1, -0.05) is 19.9 Å². The first-order chi connectivity index (χ1) is 14.0. The van der Waals surface area contributed by atoms with Crippen LogP contribution in [0.4, 0.5) is 5.69 Å². The number of benzene rings is 2. The van der Waals surface area contributed by atoms with E-state index in [0.717, 1.165) is 30.9 Å². The summed E-state index contributed by atoms with van der Waals surface area (Å²) >= 11 is 0. The lowest BCUT2D eigenvalue weighted by Gasteiger charge is -2.19. The van der Waals surface area contributed by atoms with Crippen molar-refractivity contribution in [3.8, 4) is 11.5 Å². The number of hydrogen-bond donors (Lipinski definition) is 1. The number of carbonyl (C=O) groups excluding carboxylic acids is 1. The van der Waals surface area contributed by atoms with Crippen molar-refractivity contribution in [1.29, 1.82) is 0 Å². The van der Waals surface area contributed by atoms with Gasteiger partial charge in [-0.2, -0.15) is 0 Å². The number of nitrogens with one attached hydrogen (secondary N) is 1. The van der Waals surface area contributed by atoms with Gasteiger partial charge < -0.3 is 24.6 Å². The standard InChI is InChI=1S/C23H33N3O3/c1-6-26(7-2)14-15-29-21-13-8-18(16-22(21)28-5)17-24-23(27)19-9-11-20(12-10-19)25(3)4/h8-13,16H,6-7,14-15,17H2,1-5H3,(H,24,27). The molecule has 0 atom stereocenters. The number of nitrogens with zero attached hydrogens (tertiary/aromatic N) is 2. The first kappa shape index (κ1) is 22.6. The maximum Gasteiger partial charge on any atom is 0.251 e. The van der Waals surface area contributed by atoms with Crippen molar-refractivity contribution in [2.45, 2.75) is 20.4 Å². The van der Waals surface area contributed by atoms with Gasteiger partial charge in [0.1, 0.15) is 6.61 Å². The topological polar surface area (TPSA) is 54.0 Å². The molecule has 2 aromatic carbocycles. The Kier molecular flexibility index (Phi) is 8.80. The molecule has 0 unspecified atom stereocenters. The van der Waals surface area contributed by atoms with Crippen molar-refractivity contribution < 1.29 is 14.3 Å². The first-order valence-electron chi connectivity index (χ1n) is 10.1. The maximum atomic E-state index is 12.4. The van der Waals surface area contributed by atoms with E-state index in [4.69, 9.17) is 9.47 Å². The summed E-state index contributed by atoms with van der Waals surface area (Å²) in [6.45, 7) is 8.20. The Balaban J connectivity index is 1.93. The molecule has 2 aromatic rings. The zero-order chi connectivity index (χ0) is 21.2. The Morgan fingerprint density at radius 2 is 1.69 bits per heavy atom.